The third-order valence-electron chi connectivity index (χ3n) is 4.46. The second-order valence-electron chi connectivity index (χ2n) is 6.26. The predicted octanol–water partition coefficient (Wildman–Crippen LogP) is 2.89. The van der Waals surface area contributed by atoms with Gasteiger partial charge in [0.2, 0.25) is 0 Å². The molecule has 1 aliphatic heterocycles. The summed E-state index contributed by atoms with van der Waals surface area (Å²) < 4.78 is 0. The van der Waals surface area contributed by atoms with E-state index in [4.69, 9.17) is 0 Å². The number of carbonyl (C=O) groups is 1. The summed E-state index contributed by atoms with van der Waals surface area (Å²) in [5.74, 6) is 0. The van der Waals surface area contributed by atoms with E-state index in [0.29, 0.717) is 6.54 Å². The van der Waals surface area contributed by atoms with Crippen molar-refractivity contribution in [3.63, 3.8) is 0 Å². The lowest BCUT2D eigenvalue weighted by atomic mass is 10.0. The zero-order chi connectivity index (χ0) is 16.8. The molecule has 24 heavy (non-hydrogen) atoms. The summed E-state index contributed by atoms with van der Waals surface area (Å²) in [6, 6.07) is 14.6. The zero-order valence-electron chi connectivity index (χ0n) is 14.1. The third kappa shape index (κ3) is 4.25. The zero-order valence-corrected chi connectivity index (χ0v) is 14.1. The highest BCUT2D eigenvalue weighted by molar-refractivity contribution is 5.74. The Hall–Kier alpha value is -2.56. The predicted molar refractivity (Wildman–Crippen MR) is 95.9 cm³/mol. The number of rotatable bonds is 4. The lowest BCUT2D eigenvalue weighted by Crippen LogP contribution is -2.48. The van der Waals surface area contributed by atoms with Crippen LogP contribution in [0.3, 0.4) is 0 Å². The maximum absolute atomic E-state index is 12.4. The first-order chi connectivity index (χ1) is 11.7. The monoisotopic (exact) mass is 324 g/mol. The lowest BCUT2D eigenvalue weighted by Gasteiger charge is -2.34. The van der Waals surface area contributed by atoms with Crippen molar-refractivity contribution in [3.05, 3.63) is 60.4 Å². The number of hydrogen-bond acceptors (Lipinski definition) is 3. The Morgan fingerprint density at radius 2 is 1.83 bits per heavy atom. The molecular weight excluding hydrogens is 300 g/mol. The number of hydrogen-bond donors (Lipinski definition) is 1. The van der Waals surface area contributed by atoms with Crippen LogP contribution in [0.5, 0.6) is 0 Å². The highest BCUT2D eigenvalue weighted by Crippen LogP contribution is 2.19. The highest BCUT2D eigenvalue weighted by Gasteiger charge is 2.22. The standard InChI is InChI=1S/C19H24N4O/c1-22(15-16-7-11-20-12-8-16)19(24)21-17-9-13-23(14-10-17)18-5-3-2-4-6-18/h2-8,11-12,17H,9-10,13-15H2,1H3,(H,21,24). The first-order valence-corrected chi connectivity index (χ1v) is 8.43. The minimum Gasteiger partial charge on any atom is -0.371 e. The number of nitrogens with zero attached hydrogens (tertiary/aromatic N) is 3. The molecular formula is C19H24N4O. The summed E-state index contributed by atoms with van der Waals surface area (Å²) in [7, 11) is 1.83. The fourth-order valence-electron chi connectivity index (χ4n) is 3.04. The quantitative estimate of drug-likeness (QED) is 0.941. The van der Waals surface area contributed by atoms with Gasteiger partial charge in [0.15, 0.2) is 0 Å². The Morgan fingerprint density at radius 1 is 1.17 bits per heavy atom. The molecule has 126 valence electrons. The second kappa shape index (κ2) is 7.81. The lowest BCUT2D eigenvalue weighted by molar-refractivity contribution is 0.200. The molecule has 0 atom stereocenters. The van der Waals surface area contributed by atoms with E-state index in [9.17, 15) is 4.79 Å². The third-order valence-corrected chi connectivity index (χ3v) is 4.46. The number of para-hydroxylation sites is 1. The molecule has 0 bridgehead atoms. The maximum atomic E-state index is 12.4. The number of aromatic nitrogens is 1. The average Bonchev–Trinajstić information content (AvgIpc) is 2.64. The van der Waals surface area contributed by atoms with E-state index in [1.165, 1.54) is 5.69 Å². The van der Waals surface area contributed by atoms with Gasteiger partial charge in [-0.2, -0.15) is 0 Å². The topological polar surface area (TPSA) is 48.5 Å². The van der Waals surface area contributed by atoms with Gasteiger partial charge < -0.3 is 15.1 Å². The van der Waals surface area contributed by atoms with E-state index in [1.54, 1.807) is 17.3 Å². The van der Waals surface area contributed by atoms with E-state index in [2.05, 4.69) is 39.5 Å². The largest absolute Gasteiger partial charge is 0.371 e. The molecule has 1 fully saturated rings. The molecule has 3 rings (SSSR count). The van der Waals surface area contributed by atoms with Crippen LogP contribution < -0.4 is 10.2 Å². The van der Waals surface area contributed by atoms with Crippen LogP contribution in [0.4, 0.5) is 10.5 Å². The van der Waals surface area contributed by atoms with Crippen LogP contribution in [0.15, 0.2) is 54.9 Å². The van der Waals surface area contributed by atoms with E-state index >= 15 is 0 Å². The second-order valence-corrected chi connectivity index (χ2v) is 6.26. The number of amides is 2. The summed E-state index contributed by atoms with van der Waals surface area (Å²) in [6.45, 7) is 2.54. The van der Waals surface area contributed by atoms with Gasteiger partial charge in [0, 0.05) is 50.8 Å². The van der Waals surface area contributed by atoms with Gasteiger partial charge in [0.25, 0.3) is 0 Å². The molecule has 2 aromatic rings. The Kier molecular flexibility index (Phi) is 5.31. The van der Waals surface area contributed by atoms with Gasteiger partial charge in [-0.25, -0.2) is 4.79 Å². The molecule has 2 heterocycles. The van der Waals surface area contributed by atoms with E-state index in [1.807, 2.05) is 25.2 Å². The van der Waals surface area contributed by atoms with E-state index in [-0.39, 0.29) is 12.1 Å². The maximum Gasteiger partial charge on any atom is 0.317 e. The number of nitrogens with one attached hydrogen (secondary N) is 1. The number of urea groups is 1. The first kappa shape index (κ1) is 16.3. The molecule has 5 nitrogen and oxygen atoms in total. The summed E-state index contributed by atoms with van der Waals surface area (Å²) in [6.07, 6.45) is 5.45. The number of carbonyl (C=O) groups excluding carboxylic acids is 1. The molecule has 5 heteroatoms. The Labute approximate surface area is 143 Å². The molecule has 1 saturated heterocycles. The molecule has 1 N–H and O–H groups in total. The molecule has 0 radical (unpaired) electrons. The van der Waals surface area contributed by atoms with Crippen molar-refractivity contribution in [3.8, 4) is 0 Å². The minimum absolute atomic E-state index is 0.00928. The molecule has 1 aromatic carbocycles. The summed E-state index contributed by atoms with van der Waals surface area (Å²) >= 11 is 0. The molecule has 2 amide bonds. The fourth-order valence-corrected chi connectivity index (χ4v) is 3.04. The summed E-state index contributed by atoms with van der Waals surface area (Å²) in [4.78, 5) is 20.5. The van der Waals surface area contributed by atoms with Crippen LogP contribution in [0, 0.1) is 0 Å². The molecule has 1 aliphatic rings. The smallest absolute Gasteiger partial charge is 0.317 e. The summed E-state index contributed by atoms with van der Waals surface area (Å²) in [5, 5.41) is 3.16. The SMILES string of the molecule is CN(Cc1ccncc1)C(=O)NC1CCN(c2ccccc2)CC1. The number of benzene rings is 1. The van der Waals surface area contributed by atoms with Gasteiger partial charge in [0.1, 0.15) is 0 Å². The van der Waals surface area contributed by atoms with Crippen molar-refractivity contribution in [2.75, 3.05) is 25.0 Å². The average molecular weight is 324 g/mol. The summed E-state index contributed by atoms with van der Waals surface area (Å²) in [5.41, 5.74) is 2.35. The Balaban J connectivity index is 1.46. The molecule has 0 aliphatic carbocycles. The van der Waals surface area contributed by atoms with Crippen molar-refractivity contribution in [1.82, 2.24) is 15.2 Å². The number of anilines is 1. The van der Waals surface area contributed by atoms with Crippen LogP contribution >= 0.6 is 0 Å². The van der Waals surface area contributed by atoms with Crippen molar-refractivity contribution in [1.29, 1.82) is 0 Å². The van der Waals surface area contributed by atoms with Gasteiger partial charge in [-0.3, -0.25) is 4.98 Å². The van der Waals surface area contributed by atoms with Crippen LogP contribution in [-0.4, -0.2) is 42.1 Å². The van der Waals surface area contributed by atoms with Gasteiger partial charge in [-0.15, -0.1) is 0 Å². The van der Waals surface area contributed by atoms with Gasteiger partial charge in [-0.1, -0.05) is 18.2 Å². The van der Waals surface area contributed by atoms with E-state index < -0.39 is 0 Å². The van der Waals surface area contributed by atoms with Crippen LogP contribution in [0.25, 0.3) is 0 Å². The molecule has 1 aromatic heterocycles. The highest BCUT2D eigenvalue weighted by atomic mass is 16.2. The van der Waals surface area contributed by atoms with Gasteiger partial charge in [-0.05, 0) is 42.7 Å². The Morgan fingerprint density at radius 3 is 2.50 bits per heavy atom. The van der Waals surface area contributed by atoms with Gasteiger partial charge in [0.05, 0.1) is 0 Å². The van der Waals surface area contributed by atoms with Crippen LogP contribution in [-0.2, 0) is 6.54 Å². The van der Waals surface area contributed by atoms with Crippen molar-refractivity contribution in [2.45, 2.75) is 25.4 Å². The first-order valence-electron chi connectivity index (χ1n) is 8.43. The van der Waals surface area contributed by atoms with Crippen molar-refractivity contribution >= 4 is 11.7 Å². The van der Waals surface area contributed by atoms with Crippen LogP contribution in [0.2, 0.25) is 0 Å². The van der Waals surface area contributed by atoms with E-state index in [0.717, 1.165) is 31.5 Å². The molecule has 0 unspecified atom stereocenters. The van der Waals surface area contributed by atoms with Gasteiger partial charge >= 0.3 is 6.03 Å². The minimum atomic E-state index is -0.00928. The van der Waals surface area contributed by atoms with Crippen molar-refractivity contribution in [2.24, 2.45) is 0 Å². The Bertz CT molecular complexity index is 639. The molecule has 0 spiro atoms. The normalized spacial score (nSPS) is 15.1. The van der Waals surface area contributed by atoms with Crippen LogP contribution in [0.1, 0.15) is 18.4 Å². The number of piperidine rings is 1. The fraction of sp³-hybridized carbons (Fsp3) is 0.368. The molecule has 0 saturated carbocycles. The van der Waals surface area contributed by atoms with Crippen molar-refractivity contribution < 1.29 is 4.79 Å². The number of pyridine rings is 1.